The zero-order valence-electron chi connectivity index (χ0n) is 15.2. The highest BCUT2D eigenvalue weighted by atomic mass is 19.1. The first-order chi connectivity index (χ1) is 13.1. The van der Waals surface area contributed by atoms with Gasteiger partial charge in [-0.15, -0.1) is 0 Å². The minimum atomic E-state index is -0.376. The van der Waals surface area contributed by atoms with Gasteiger partial charge in [0.15, 0.2) is 11.5 Å². The molecule has 3 N–H and O–H groups in total. The monoisotopic (exact) mass is 366 g/mol. The number of H-pyrrole nitrogens is 1. The fraction of sp³-hybridized carbons (Fsp3) is 0.450. The van der Waals surface area contributed by atoms with E-state index < -0.39 is 0 Å². The van der Waals surface area contributed by atoms with E-state index in [1.807, 2.05) is 12.1 Å². The molecule has 3 aromatic heterocycles. The first-order valence-corrected chi connectivity index (χ1v) is 9.64. The van der Waals surface area contributed by atoms with Gasteiger partial charge in [-0.2, -0.15) is 5.10 Å². The number of aromatic nitrogens is 4. The van der Waals surface area contributed by atoms with Crippen molar-refractivity contribution < 1.29 is 4.39 Å². The lowest BCUT2D eigenvalue weighted by Crippen LogP contribution is -2.57. The van der Waals surface area contributed by atoms with E-state index >= 15 is 0 Å². The molecule has 4 heterocycles. The number of nitrogens with one attached hydrogen (secondary N) is 1. The van der Waals surface area contributed by atoms with Crippen LogP contribution in [0.1, 0.15) is 32.1 Å². The van der Waals surface area contributed by atoms with Crippen molar-refractivity contribution in [1.29, 1.82) is 0 Å². The number of hydrogen-bond donors (Lipinski definition) is 2. The van der Waals surface area contributed by atoms with Crippen LogP contribution in [0.2, 0.25) is 0 Å². The Hall–Kier alpha value is -2.54. The maximum Gasteiger partial charge on any atom is 0.155 e. The smallest absolute Gasteiger partial charge is 0.155 e. The third-order valence-corrected chi connectivity index (χ3v) is 6.23. The highest BCUT2D eigenvalue weighted by molar-refractivity contribution is 5.89. The molecule has 1 unspecified atom stereocenters. The molecule has 7 heteroatoms. The number of anilines is 1. The summed E-state index contributed by atoms with van der Waals surface area (Å²) in [6.07, 6.45) is 7.39. The van der Waals surface area contributed by atoms with Crippen molar-refractivity contribution in [2.75, 3.05) is 18.0 Å². The largest absolute Gasteiger partial charge is 0.356 e. The van der Waals surface area contributed by atoms with Gasteiger partial charge < -0.3 is 10.6 Å². The number of pyridine rings is 2. The van der Waals surface area contributed by atoms with Crippen molar-refractivity contribution >= 4 is 16.9 Å². The Morgan fingerprint density at radius 3 is 2.89 bits per heavy atom. The van der Waals surface area contributed by atoms with Crippen LogP contribution in [-0.2, 0) is 0 Å². The standard InChI is InChI=1S/C20H23FN6/c21-15-6-7-16(27-11-2-4-13(12-27)20(22)8-3-9-20)24-18(15)17-14-5-1-10-23-19(14)26-25-17/h1,5-7,10,13H,2-4,8-9,11-12,22H2,(H,23,25,26). The summed E-state index contributed by atoms with van der Waals surface area (Å²) in [6, 6.07) is 6.94. The Morgan fingerprint density at radius 2 is 2.07 bits per heavy atom. The van der Waals surface area contributed by atoms with Crippen LogP contribution in [0.3, 0.4) is 0 Å². The van der Waals surface area contributed by atoms with E-state index in [9.17, 15) is 4.39 Å². The Kier molecular flexibility index (Phi) is 3.86. The van der Waals surface area contributed by atoms with E-state index in [0.29, 0.717) is 17.3 Å². The van der Waals surface area contributed by atoms with Crippen LogP contribution in [0, 0.1) is 11.7 Å². The van der Waals surface area contributed by atoms with Gasteiger partial charge >= 0.3 is 0 Å². The summed E-state index contributed by atoms with van der Waals surface area (Å²) in [5, 5.41) is 7.89. The van der Waals surface area contributed by atoms with Gasteiger partial charge in [0.05, 0.1) is 0 Å². The average molecular weight is 366 g/mol. The van der Waals surface area contributed by atoms with E-state index in [2.05, 4.69) is 25.1 Å². The minimum absolute atomic E-state index is 0.0222. The molecule has 0 aromatic carbocycles. The van der Waals surface area contributed by atoms with Gasteiger partial charge in [-0.25, -0.2) is 14.4 Å². The predicted molar refractivity (Wildman–Crippen MR) is 103 cm³/mol. The lowest BCUT2D eigenvalue weighted by atomic mass is 9.66. The molecule has 1 atom stereocenters. The van der Waals surface area contributed by atoms with Gasteiger partial charge in [0.1, 0.15) is 17.2 Å². The van der Waals surface area contributed by atoms with Gasteiger partial charge in [0.25, 0.3) is 0 Å². The van der Waals surface area contributed by atoms with Gasteiger partial charge in [-0.1, -0.05) is 0 Å². The number of nitrogens with zero attached hydrogens (tertiary/aromatic N) is 4. The quantitative estimate of drug-likeness (QED) is 0.743. The molecule has 1 aliphatic heterocycles. The zero-order valence-corrected chi connectivity index (χ0v) is 15.2. The number of hydrogen-bond acceptors (Lipinski definition) is 5. The molecule has 0 amide bonds. The molecule has 1 saturated carbocycles. The summed E-state index contributed by atoms with van der Waals surface area (Å²) in [6.45, 7) is 1.81. The third-order valence-electron chi connectivity index (χ3n) is 6.23. The van der Waals surface area contributed by atoms with Crippen molar-refractivity contribution in [2.45, 2.75) is 37.6 Å². The molecule has 140 valence electrons. The van der Waals surface area contributed by atoms with Crippen molar-refractivity contribution in [2.24, 2.45) is 11.7 Å². The van der Waals surface area contributed by atoms with Crippen LogP contribution in [0.4, 0.5) is 10.2 Å². The van der Waals surface area contributed by atoms with Crippen LogP contribution in [-0.4, -0.2) is 38.8 Å². The normalized spacial score (nSPS) is 22.0. The lowest BCUT2D eigenvalue weighted by Gasteiger charge is -2.48. The Labute approximate surface area is 157 Å². The van der Waals surface area contributed by atoms with Gasteiger partial charge in [-0.05, 0) is 62.3 Å². The number of halogens is 1. The Bertz CT molecular complexity index is 980. The lowest BCUT2D eigenvalue weighted by molar-refractivity contribution is 0.136. The second-order valence-electron chi connectivity index (χ2n) is 7.84. The van der Waals surface area contributed by atoms with Crippen molar-refractivity contribution in [3.8, 4) is 11.4 Å². The Morgan fingerprint density at radius 1 is 1.19 bits per heavy atom. The number of rotatable bonds is 3. The van der Waals surface area contributed by atoms with Crippen molar-refractivity contribution in [1.82, 2.24) is 20.2 Å². The predicted octanol–water partition coefficient (Wildman–Crippen LogP) is 3.26. The maximum absolute atomic E-state index is 14.6. The summed E-state index contributed by atoms with van der Waals surface area (Å²) in [5.74, 6) is 0.892. The maximum atomic E-state index is 14.6. The van der Waals surface area contributed by atoms with Crippen molar-refractivity contribution in [3.05, 3.63) is 36.3 Å². The topological polar surface area (TPSA) is 83.7 Å². The molecule has 0 bridgehead atoms. The molecule has 5 rings (SSSR count). The van der Waals surface area contributed by atoms with Gasteiger partial charge in [-0.3, -0.25) is 5.10 Å². The highest BCUT2D eigenvalue weighted by Gasteiger charge is 2.42. The number of fused-ring (bicyclic) bond motifs is 1. The molecule has 0 spiro atoms. The van der Waals surface area contributed by atoms with E-state index in [0.717, 1.165) is 50.0 Å². The fourth-order valence-corrected chi connectivity index (χ4v) is 4.46. The Balaban J connectivity index is 1.48. The molecule has 0 radical (unpaired) electrons. The first-order valence-electron chi connectivity index (χ1n) is 9.64. The number of piperidine rings is 1. The molecule has 27 heavy (non-hydrogen) atoms. The molecule has 2 aliphatic rings. The molecule has 2 fully saturated rings. The molecular weight excluding hydrogens is 343 g/mol. The van der Waals surface area contributed by atoms with Crippen LogP contribution in [0.15, 0.2) is 30.5 Å². The third kappa shape index (κ3) is 2.77. The van der Waals surface area contributed by atoms with Crippen LogP contribution < -0.4 is 10.6 Å². The SMILES string of the molecule is NC1(C2CCCN(c3ccc(F)c(-c4n[nH]c5ncccc45)n3)C2)CCC1. The summed E-state index contributed by atoms with van der Waals surface area (Å²) in [7, 11) is 0. The van der Waals surface area contributed by atoms with E-state index in [-0.39, 0.29) is 17.1 Å². The van der Waals surface area contributed by atoms with Gasteiger partial charge in [0.2, 0.25) is 0 Å². The fourth-order valence-electron chi connectivity index (χ4n) is 4.46. The molecule has 3 aromatic rings. The number of aromatic amines is 1. The van der Waals surface area contributed by atoms with E-state index in [4.69, 9.17) is 5.73 Å². The first kappa shape index (κ1) is 16.6. The van der Waals surface area contributed by atoms with E-state index in [1.54, 1.807) is 12.3 Å². The average Bonchev–Trinajstić information content (AvgIpc) is 3.10. The summed E-state index contributed by atoms with van der Waals surface area (Å²) in [4.78, 5) is 11.1. The molecule has 1 saturated heterocycles. The van der Waals surface area contributed by atoms with Crippen LogP contribution in [0.25, 0.3) is 22.4 Å². The van der Waals surface area contributed by atoms with Crippen molar-refractivity contribution in [3.63, 3.8) is 0 Å². The second kappa shape index (κ2) is 6.27. The van der Waals surface area contributed by atoms with Crippen LogP contribution >= 0.6 is 0 Å². The molecule has 1 aliphatic carbocycles. The second-order valence-corrected chi connectivity index (χ2v) is 7.84. The van der Waals surface area contributed by atoms with E-state index in [1.165, 1.54) is 12.5 Å². The van der Waals surface area contributed by atoms with Gasteiger partial charge in [0, 0.05) is 30.2 Å². The summed E-state index contributed by atoms with van der Waals surface area (Å²) in [5.41, 5.74) is 7.96. The molecule has 6 nitrogen and oxygen atoms in total. The number of nitrogens with two attached hydrogens (primary N) is 1. The minimum Gasteiger partial charge on any atom is -0.356 e. The summed E-state index contributed by atoms with van der Waals surface area (Å²) < 4.78 is 14.6. The highest BCUT2D eigenvalue weighted by Crippen LogP contribution is 2.40. The molecular formula is C20H23FN6. The van der Waals surface area contributed by atoms with Crippen LogP contribution in [0.5, 0.6) is 0 Å². The summed E-state index contributed by atoms with van der Waals surface area (Å²) >= 11 is 0. The zero-order chi connectivity index (χ0) is 18.4.